The summed E-state index contributed by atoms with van der Waals surface area (Å²) in [4.78, 5) is 28.8. The van der Waals surface area contributed by atoms with E-state index in [1.807, 2.05) is 18.2 Å². The van der Waals surface area contributed by atoms with Gasteiger partial charge < -0.3 is 5.32 Å². The van der Waals surface area contributed by atoms with Crippen molar-refractivity contribution in [2.45, 2.75) is 6.42 Å². The number of pyridine rings is 1. The lowest BCUT2D eigenvalue weighted by atomic mass is 10.2. The average Bonchev–Trinajstić information content (AvgIpc) is 3.07. The Hall–Kier alpha value is -2.67. The first-order chi connectivity index (χ1) is 10.8. The van der Waals surface area contributed by atoms with Crippen LogP contribution in [0.2, 0.25) is 0 Å². The smallest absolute Gasteiger partial charge is 0.270 e. The Morgan fingerprint density at radius 1 is 1.09 bits per heavy atom. The second kappa shape index (κ2) is 6.86. The van der Waals surface area contributed by atoms with E-state index >= 15 is 0 Å². The van der Waals surface area contributed by atoms with Gasteiger partial charge in [-0.25, -0.2) is 15.0 Å². The summed E-state index contributed by atoms with van der Waals surface area (Å²) in [6.07, 6.45) is 5.72. The Kier molecular flexibility index (Phi) is 4.45. The Morgan fingerprint density at radius 3 is 2.68 bits per heavy atom. The number of hydrogen-bond acceptors (Lipinski definition) is 6. The van der Waals surface area contributed by atoms with Gasteiger partial charge in [-0.05, 0) is 18.2 Å². The molecule has 0 unspecified atom stereocenters. The van der Waals surface area contributed by atoms with Crippen LogP contribution in [0.15, 0.2) is 48.2 Å². The van der Waals surface area contributed by atoms with Gasteiger partial charge in [-0.1, -0.05) is 6.07 Å². The predicted molar refractivity (Wildman–Crippen MR) is 83.4 cm³/mol. The summed E-state index contributed by atoms with van der Waals surface area (Å²) in [7, 11) is 0. The van der Waals surface area contributed by atoms with E-state index in [1.165, 1.54) is 11.3 Å². The van der Waals surface area contributed by atoms with Crippen LogP contribution in [0.3, 0.4) is 0 Å². The number of hydrogen-bond donors (Lipinski definition) is 1. The van der Waals surface area contributed by atoms with Gasteiger partial charge in [0.15, 0.2) is 10.8 Å². The number of nitrogens with one attached hydrogen (secondary N) is 1. The molecule has 0 saturated carbocycles. The summed E-state index contributed by atoms with van der Waals surface area (Å²) < 4.78 is 0. The van der Waals surface area contributed by atoms with Gasteiger partial charge in [-0.3, -0.25) is 9.78 Å². The first-order valence-corrected chi connectivity index (χ1v) is 7.62. The summed E-state index contributed by atoms with van der Waals surface area (Å²) in [5.74, 6) is 0.328. The number of carbonyl (C=O) groups is 1. The maximum atomic E-state index is 12.1. The van der Waals surface area contributed by atoms with Crippen molar-refractivity contribution < 1.29 is 4.79 Å². The van der Waals surface area contributed by atoms with Crippen molar-refractivity contribution in [2.24, 2.45) is 0 Å². The fraction of sp³-hybridized carbons (Fsp3) is 0.133. The van der Waals surface area contributed by atoms with Gasteiger partial charge in [0, 0.05) is 42.6 Å². The Balaban J connectivity index is 1.58. The van der Waals surface area contributed by atoms with Crippen LogP contribution in [0.1, 0.15) is 16.2 Å². The molecule has 110 valence electrons. The molecule has 0 radical (unpaired) electrons. The summed E-state index contributed by atoms with van der Waals surface area (Å²) in [6, 6.07) is 7.46. The lowest BCUT2D eigenvalue weighted by Gasteiger charge is -2.02. The number of nitrogens with zero attached hydrogens (tertiary/aromatic N) is 4. The molecule has 3 aromatic rings. The second-order valence-corrected chi connectivity index (χ2v) is 5.30. The van der Waals surface area contributed by atoms with Crippen molar-refractivity contribution in [3.05, 3.63) is 59.6 Å². The average molecular weight is 311 g/mol. The van der Waals surface area contributed by atoms with Crippen LogP contribution in [-0.4, -0.2) is 32.4 Å². The third-order valence-corrected chi connectivity index (χ3v) is 3.72. The topological polar surface area (TPSA) is 80.7 Å². The van der Waals surface area contributed by atoms with Gasteiger partial charge in [-0.15, -0.1) is 11.3 Å². The number of amides is 1. The Labute approximate surface area is 131 Å². The molecule has 22 heavy (non-hydrogen) atoms. The highest BCUT2D eigenvalue weighted by atomic mass is 32.1. The molecule has 0 aliphatic carbocycles. The second-order valence-electron chi connectivity index (χ2n) is 4.44. The molecule has 0 fully saturated rings. The fourth-order valence-corrected chi connectivity index (χ4v) is 2.58. The maximum Gasteiger partial charge on any atom is 0.270 e. The third-order valence-electron chi connectivity index (χ3n) is 2.89. The minimum Gasteiger partial charge on any atom is -0.350 e. The Bertz CT molecular complexity index is 745. The summed E-state index contributed by atoms with van der Waals surface area (Å²) in [5.41, 5.74) is 1.33. The SMILES string of the molecule is O=C(NCCc1ccccn1)c1csc(-c2ncccn2)n1. The molecule has 1 N–H and O–H groups in total. The molecule has 3 heterocycles. The number of aromatic nitrogens is 4. The zero-order valence-electron chi connectivity index (χ0n) is 11.6. The molecule has 0 aliphatic heterocycles. The number of carbonyl (C=O) groups excluding carboxylic acids is 1. The summed E-state index contributed by atoms with van der Waals surface area (Å²) in [5, 5.41) is 5.18. The van der Waals surface area contributed by atoms with Crippen LogP contribution >= 0.6 is 11.3 Å². The van der Waals surface area contributed by atoms with Crippen molar-refractivity contribution in [1.29, 1.82) is 0 Å². The normalized spacial score (nSPS) is 10.4. The molecule has 0 spiro atoms. The van der Waals surface area contributed by atoms with E-state index in [0.29, 0.717) is 29.5 Å². The van der Waals surface area contributed by atoms with E-state index in [0.717, 1.165) is 5.69 Å². The molecule has 0 atom stereocenters. The highest BCUT2D eigenvalue weighted by Crippen LogP contribution is 2.19. The van der Waals surface area contributed by atoms with Crippen LogP contribution < -0.4 is 5.32 Å². The minimum atomic E-state index is -0.200. The first-order valence-electron chi connectivity index (χ1n) is 6.74. The van der Waals surface area contributed by atoms with E-state index < -0.39 is 0 Å². The van der Waals surface area contributed by atoms with Crippen LogP contribution in [0, 0.1) is 0 Å². The van der Waals surface area contributed by atoms with E-state index in [-0.39, 0.29) is 5.91 Å². The number of thiazole rings is 1. The van der Waals surface area contributed by atoms with Gasteiger partial charge in [0.25, 0.3) is 5.91 Å². The first kappa shape index (κ1) is 14.3. The molecule has 0 saturated heterocycles. The Morgan fingerprint density at radius 2 is 1.91 bits per heavy atom. The van der Waals surface area contributed by atoms with Crippen molar-refractivity contribution in [3.8, 4) is 10.8 Å². The lowest BCUT2D eigenvalue weighted by molar-refractivity contribution is 0.0950. The lowest BCUT2D eigenvalue weighted by Crippen LogP contribution is -2.26. The molecule has 3 rings (SSSR count). The van der Waals surface area contributed by atoms with Gasteiger partial charge in [0.2, 0.25) is 0 Å². The molecule has 0 aromatic carbocycles. The molecule has 7 heteroatoms. The van der Waals surface area contributed by atoms with E-state index in [9.17, 15) is 4.79 Å². The van der Waals surface area contributed by atoms with Gasteiger partial charge in [0.05, 0.1) is 0 Å². The fourth-order valence-electron chi connectivity index (χ4n) is 1.83. The zero-order valence-corrected chi connectivity index (χ0v) is 12.5. The summed E-state index contributed by atoms with van der Waals surface area (Å²) in [6.45, 7) is 0.518. The largest absolute Gasteiger partial charge is 0.350 e. The highest BCUT2D eigenvalue weighted by molar-refractivity contribution is 7.13. The molecule has 3 aromatic heterocycles. The molecular weight excluding hydrogens is 298 g/mol. The summed E-state index contributed by atoms with van der Waals surface area (Å²) >= 11 is 1.35. The van der Waals surface area contributed by atoms with E-state index in [4.69, 9.17) is 0 Å². The van der Waals surface area contributed by atoms with Crippen LogP contribution in [0.4, 0.5) is 0 Å². The van der Waals surface area contributed by atoms with Crippen molar-refractivity contribution in [2.75, 3.05) is 6.54 Å². The third kappa shape index (κ3) is 3.50. The molecular formula is C15H13N5OS. The van der Waals surface area contributed by atoms with Crippen LogP contribution in [-0.2, 0) is 6.42 Å². The van der Waals surface area contributed by atoms with E-state index in [1.54, 1.807) is 30.0 Å². The zero-order chi connectivity index (χ0) is 15.2. The van der Waals surface area contributed by atoms with Crippen molar-refractivity contribution in [1.82, 2.24) is 25.3 Å². The van der Waals surface area contributed by atoms with Crippen LogP contribution in [0.5, 0.6) is 0 Å². The molecule has 6 nitrogen and oxygen atoms in total. The van der Waals surface area contributed by atoms with Gasteiger partial charge >= 0.3 is 0 Å². The minimum absolute atomic E-state index is 0.200. The van der Waals surface area contributed by atoms with Gasteiger partial charge in [-0.2, -0.15) is 0 Å². The molecule has 0 bridgehead atoms. The highest BCUT2D eigenvalue weighted by Gasteiger charge is 2.12. The van der Waals surface area contributed by atoms with Crippen LogP contribution in [0.25, 0.3) is 10.8 Å². The van der Waals surface area contributed by atoms with E-state index in [2.05, 4.69) is 25.3 Å². The van der Waals surface area contributed by atoms with Gasteiger partial charge in [0.1, 0.15) is 5.69 Å². The van der Waals surface area contributed by atoms with Crippen molar-refractivity contribution in [3.63, 3.8) is 0 Å². The predicted octanol–water partition coefficient (Wildman–Crippen LogP) is 1.97. The standard InChI is InChI=1S/C15H13N5OS/c21-14(19-9-5-11-4-1-2-6-16-11)12-10-22-15(20-12)13-17-7-3-8-18-13/h1-4,6-8,10H,5,9H2,(H,19,21). The molecule has 0 aliphatic rings. The quantitative estimate of drug-likeness (QED) is 0.779. The number of rotatable bonds is 5. The monoisotopic (exact) mass is 311 g/mol. The van der Waals surface area contributed by atoms with Crippen molar-refractivity contribution >= 4 is 17.2 Å². The maximum absolute atomic E-state index is 12.1. The molecule has 1 amide bonds.